The molecule has 74 valence electrons. The Morgan fingerprint density at radius 1 is 1.62 bits per heavy atom. The van der Waals surface area contributed by atoms with Gasteiger partial charge in [0.15, 0.2) is 0 Å². The van der Waals surface area contributed by atoms with E-state index < -0.39 is 0 Å². The van der Waals surface area contributed by atoms with Crippen LogP contribution in [0.15, 0.2) is 6.20 Å². The van der Waals surface area contributed by atoms with Crippen molar-refractivity contribution in [3.63, 3.8) is 0 Å². The molecular formula is C8H15N3OS. The summed E-state index contributed by atoms with van der Waals surface area (Å²) >= 11 is 1.37. The van der Waals surface area contributed by atoms with E-state index in [0.29, 0.717) is 0 Å². The van der Waals surface area contributed by atoms with Crippen LogP contribution in [-0.4, -0.2) is 28.8 Å². The monoisotopic (exact) mass is 201 g/mol. The second-order valence-electron chi connectivity index (χ2n) is 3.42. The molecule has 0 saturated heterocycles. The standard InChI is InChI=1S/C8H15N3OS/c1-8(2,12-3)4-5-9-7-6-10-11-13-7/h6,9H,4-5H2,1-3H3. The highest BCUT2D eigenvalue weighted by Crippen LogP contribution is 2.14. The van der Waals surface area contributed by atoms with Crippen LogP contribution < -0.4 is 5.32 Å². The minimum absolute atomic E-state index is 0.0644. The van der Waals surface area contributed by atoms with Gasteiger partial charge in [-0.3, -0.25) is 0 Å². The van der Waals surface area contributed by atoms with Crippen LogP contribution in [0.5, 0.6) is 0 Å². The minimum atomic E-state index is -0.0644. The lowest BCUT2D eigenvalue weighted by Crippen LogP contribution is -2.25. The van der Waals surface area contributed by atoms with Gasteiger partial charge in [0.25, 0.3) is 0 Å². The number of ether oxygens (including phenoxy) is 1. The Bertz CT molecular complexity index is 236. The third kappa shape index (κ3) is 3.69. The summed E-state index contributed by atoms with van der Waals surface area (Å²) in [5.41, 5.74) is -0.0644. The number of aromatic nitrogens is 2. The van der Waals surface area contributed by atoms with Gasteiger partial charge in [0.1, 0.15) is 5.00 Å². The molecule has 0 bridgehead atoms. The van der Waals surface area contributed by atoms with E-state index in [2.05, 4.69) is 28.8 Å². The van der Waals surface area contributed by atoms with E-state index in [-0.39, 0.29) is 5.60 Å². The maximum absolute atomic E-state index is 5.29. The molecule has 0 saturated carbocycles. The first kappa shape index (κ1) is 10.4. The van der Waals surface area contributed by atoms with Gasteiger partial charge in [-0.1, -0.05) is 4.49 Å². The van der Waals surface area contributed by atoms with Crippen LogP contribution in [-0.2, 0) is 4.74 Å². The first-order valence-corrected chi connectivity index (χ1v) is 4.98. The first-order valence-electron chi connectivity index (χ1n) is 4.20. The molecule has 4 nitrogen and oxygen atoms in total. The number of hydrogen-bond donors (Lipinski definition) is 1. The number of rotatable bonds is 5. The number of hydrogen-bond acceptors (Lipinski definition) is 5. The molecule has 1 aromatic rings. The molecule has 0 unspecified atom stereocenters. The highest BCUT2D eigenvalue weighted by atomic mass is 32.1. The lowest BCUT2D eigenvalue weighted by atomic mass is 10.1. The maximum Gasteiger partial charge on any atom is 0.130 e. The Hall–Kier alpha value is -0.680. The molecule has 1 rings (SSSR count). The lowest BCUT2D eigenvalue weighted by Gasteiger charge is -2.22. The van der Waals surface area contributed by atoms with Crippen LogP contribution in [0.1, 0.15) is 20.3 Å². The molecule has 0 aliphatic carbocycles. The largest absolute Gasteiger partial charge is 0.379 e. The lowest BCUT2D eigenvalue weighted by molar-refractivity contribution is 0.0185. The molecule has 0 aliphatic heterocycles. The van der Waals surface area contributed by atoms with Crippen LogP contribution in [0, 0.1) is 0 Å². The Morgan fingerprint density at radius 2 is 2.38 bits per heavy atom. The SMILES string of the molecule is COC(C)(C)CCNc1cnns1. The van der Waals surface area contributed by atoms with Crippen LogP contribution in [0.4, 0.5) is 5.00 Å². The molecule has 1 N–H and O–H groups in total. The summed E-state index contributed by atoms with van der Waals surface area (Å²) in [7, 11) is 1.73. The Balaban J connectivity index is 2.21. The molecule has 0 spiro atoms. The smallest absolute Gasteiger partial charge is 0.130 e. The highest BCUT2D eigenvalue weighted by Gasteiger charge is 2.15. The zero-order valence-corrected chi connectivity index (χ0v) is 9.02. The van der Waals surface area contributed by atoms with Gasteiger partial charge < -0.3 is 10.1 Å². The van der Waals surface area contributed by atoms with Crippen molar-refractivity contribution in [2.75, 3.05) is 19.0 Å². The van der Waals surface area contributed by atoms with Crippen LogP contribution in [0.25, 0.3) is 0 Å². The number of nitrogens with zero attached hydrogens (tertiary/aromatic N) is 2. The Morgan fingerprint density at radius 3 is 2.92 bits per heavy atom. The number of nitrogens with one attached hydrogen (secondary N) is 1. The fourth-order valence-electron chi connectivity index (χ4n) is 0.834. The fraction of sp³-hybridized carbons (Fsp3) is 0.750. The van der Waals surface area contributed by atoms with Crippen molar-refractivity contribution in [2.24, 2.45) is 0 Å². The van der Waals surface area contributed by atoms with Gasteiger partial charge in [-0.05, 0) is 20.3 Å². The second kappa shape index (κ2) is 4.53. The van der Waals surface area contributed by atoms with Gasteiger partial charge >= 0.3 is 0 Å². The summed E-state index contributed by atoms with van der Waals surface area (Å²) in [6.07, 6.45) is 2.69. The summed E-state index contributed by atoms with van der Waals surface area (Å²) in [6, 6.07) is 0. The quantitative estimate of drug-likeness (QED) is 0.788. The van der Waals surface area contributed by atoms with Gasteiger partial charge in [-0.25, -0.2) is 0 Å². The summed E-state index contributed by atoms with van der Waals surface area (Å²) in [5.74, 6) is 0. The van der Waals surface area contributed by atoms with Gasteiger partial charge in [-0.15, -0.1) is 5.10 Å². The van der Waals surface area contributed by atoms with Gasteiger partial charge in [0.2, 0.25) is 0 Å². The van der Waals surface area contributed by atoms with Gasteiger partial charge in [0.05, 0.1) is 11.8 Å². The van der Waals surface area contributed by atoms with Crippen molar-refractivity contribution in [3.8, 4) is 0 Å². The average Bonchev–Trinajstić information content (AvgIpc) is 2.57. The zero-order chi connectivity index (χ0) is 9.73. The van der Waals surface area contributed by atoms with Crippen molar-refractivity contribution < 1.29 is 4.74 Å². The molecule has 0 amide bonds. The predicted molar refractivity (Wildman–Crippen MR) is 54.1 cm³/mol. The van der Waals surface area contributed by atoms with Crippen molar-refractivity contribution in [3.05, 3.63) is 6.20 Å². The summed E-state index contributed by atoms with van der Waals surface area (Å²) in [4.78, 5) is 0. The fourth-order valence-corrected chi connectivity index (χ4v) is 1.28. The third-order valence-electron chi connectivity index (χ3n) is 1.94. The summed E-state index contributed by atoms with van der Waals surface area (Å²) in [6.45, 7) is 5.02. The maximum atomic E-state index is 5.29. The number of anilines is 1. The van der Waals surface area contributed by atoms with Crippen LogP contribution in [0.2, 0.25) is 0 Å². The van der Waals surface area contributed by atoms with Crippen molar-refractivity contribution in [2.45, 2.75) is 25.9 Å². The molecule has 5 heteroatoms. The zero-order valence-electron chi connectivity index (χ0n) is 8.20. The third-order valence-corrected chi connectivity index (χ3v) is 2.56. The van der Waals surface area contributed by atoms with Crippen molar-refractivity contribution >= 4 is 16.5 Å². The molecule has 13 heavy (non-hydrogen) atoms. The Kier molecular flexibility index (Phi) is 3.62. The Labute approximate surface area is 82.5 Å². The van der Waals surface area contributed by atoms with E-state index in [1.165, 1.54) is 11.5 Å². The van der Waals surface area contributed by atoms with E-state index in [9.17, 15) is 0 Å². The molecule has 0 aliphatic rings. The van der Waals surface area contributed by atoms with E-state index in [0.717, 1.165) is 18.0 Å². The summed E-state index contributed by atoms with van der Waals surface area (Å²) in [5, 5.41) is 7.97. The highest BCUT2D eigenvalue weighted by molar-refractivity contribution is 7.09. The summed E-state index contributed by atoms with van der Waals surface area (Å²) < 4.78 is 9.04. The normalized spacial score (nSPS) is 11.6. The van der Waals surface area contributed by atoms with E-state index in [1.807, 2.05) is 0 Å². The molecular weight excluding hydrogens is 186 g/mol. The number of methoxy groups -OCH3 is 1. The second-order valence-corrected chi connectivity index (χ2v) is 4.21. The minimum Gasteiger partial charge on any atom is -0.379 e. The predicted octanol–water partition coefficient (Wildman–Crippen LogP) is 1.77. The molecule has 1 heterocycles. The van der Waals surface area contributed by atoms with Crippen LogP contribution in [0.3, 0.4) is 0 Å². The van der Waals surface area contributed by atoms with Crippen LogP contribution >= 0.6 is 11.5 Å². The molecule has 0 radical (unpaired) electrons. The molecule has 0 atom stereocenters. The molecule has 1 aromatic heterocycles. The van der Waals surface area contributed by atoms with Gasteiger partial charge in [0, 0.05) is 25.2 Å². The van der Waals surface area contributed by atoms with E-state index in [1.54, 1.807) is 13.3 Å². The van der Waals surface area contributed by atoms with E-state index in [4.69, 9.17) is 4.74 Å². The average molecular weight is 201 g/mol. The molecule has 0 aromatic carbocycles. The van der Waals surface area contributed by atoms with E-state index >= 15 is 0 Å². The first-order chi connectivity index (χ1) is 6.14. The van der Waals surface area contributed by atoms with Crippen molar-refractivity contribution in [1.82, 2.24) is 9.59 Å². The molecule has 0 fully saturated rings. The van der Waals surface area contributed by atoms with Gasteiger partial charge in [-0.2, -0.15) is 0 Å². The topological polar surface area (TPSA) is 47.0 Å². The van der Waals surface area contributed by atoms with Crippen molar-refractivity contribution in [1.29, 1.82) is 0 Å².